The molecule has 0 unspecified atom stereocenters. The van der Waals surface area contributed by atoms with Crippen LogP contribution >= 0.6 is 24.0 Å². The molecule has 3 rings (SSSR count). The van der Waals surface area contributed by atoms with E-state index in [1.807, 2.05) is 68.5 Å². The topological polar surface area (TPSA) is 29.5 Å². The Labute approximate surface area is 164 Å². The van der Waals surface area contributed by atoms with Gasteiger partial charge in [-0.15, -0.1) is 0 Å². The normalized spacial score (nSPS) is 17.0. The summed E-state index contributed by atoms with van der Waals surface area (Å²) in [7, 11) is 0. The number of thioether (sulfide) groups is 1. The van der Waals surface area contributed by atoms with Crippen LogP contribution in [0.4, 0.5) is 5.69 Å². The molecule has 1 aliphatic heterocycles. The number of thiocarbonyl (C=S) groups is 1. The summed E-state index contributed by atoms with van der Waals surface area (Å²) < 4.78 is 6.53. The Bertz CT molecular complexity index is 859. The molecule has 1 saturated heterocycles. The summed E-state index contributed by atoms with van der Waals surface area (Å²) in [5, 5.41) is 0. The highest BCUT2D eigenvalue weighted by molar-refractivity contribution is 8.27. The van der Waals surface area contributed by atoms with E-state index in [2.05, 4.69) is 6.92 Å². The average Bonchev–Trinajstić information content (AvgIpc) is 2.91. The van der Waals surface area contributed by atoms with E-state index < -0.39 is 0 Å². The van der Waals surface area contributed by atoms with Crippen LogP contribution in [0, 0.1) is 6.92 Å². The van der Waals surface area contributed by atoms with Gasteiger partial charge in [-0.2, -0.15) is 0 Å². The van der Waals surface area contributed by atoms with Crippen LogP contribution in [-0.4, -0.2) is 16.3 Å². The van der Waals surface area contributed by atoms with Gasteiger partial charge in [-0.05, 0) is 44.5 Å². The van der Waals surface area contributed by atoms with Crippen molar-refractivity contribution in [3.63, 3.8) is 0 Å². The zero-order valence-corrected chi connectivity index (χ0v) is 16.7. The second-order valence-corrected chi connectivity index (χ2v) is 7.90. The molecule has 0 aromatic heterocycles. The fraction of sp³-hybridized carbons (Fsp3) is 0.238. The molecule has 3 nitrogen and oxygen atoms in total. The Morgan fingerprint density at radius 2 is 1.88 bits per heavy atom. The first-order chi connectivity index (χ1) is 12.5. The molecule has 2 aromatic rings. The van der Waals surface area contributed by atoms with Gasteiger partial charge in [-0.1, -0.05) is 66.8 Å². The maximum atomic E-state index is 12.9. The number of anilines is 1. The Balaban J connectivity index is 1.90. The standard InChI is InChI=1S/C21H21NO2S2/c1-4-15(3)24-18-8-6-5-7-16(18)13-19-20(23)22(21(25)26-19)17-11-9-14(2)10-12-17/h5-13,15H,4H2,1-3H3/b19-13-/t15-/m0/s1. The van der Waals surface area contributed by atoms with Crippen LogP contribution in [0.5, 0.6) is 5.75 Å². The fourth-order valence-electron chi connectivity index (χ4n) is 2.53. The van der Waals surface area contributed by atoms with Crippen molar-refractivity contribution >= 4 is 46.0 Å². The highest BCUT2D eigenvalue weighted by Crippen LogP contribution is 2.37. The number of hydrogen-bond acceptors (Lipinski definition) is 4. The molecule has 5 heteroatoms. The molecule has 0 radical (unpaired) electrons. The first kappa shape index (κ1) is 18.7. The molecular weight excluding hydrogens is 362 g/mol. The van der Waals surface area contributed by atoms with E-state index in [0.29, 0.717) is 9.23 Å². The van der Waals surface area contributed by atoms with Gasteiger partial charge in [0, 0.05) is 5.56 Å². The molecular formula is C21H21NO2S2. The molecule has 1 atom stereocenters. The van der Waals surface area contributed by atoms with Gasteiger partial charge in [-0.3, -0.25) is 9.69 Å². The molecule has 1 heterocycles. The Hall–Kier alpha value is -2.11. The van der Waals surface area contributed by atoms with E-state index in [1.54, 1.807) is 4.90 Å². The minimum atomic E-state index is -0.0952. The third-order valence-corrected chi connectivity index (χ3v) is 5.50. The Morgan fingerprint density at radius 3 is 2.58 bits per heavy atom. The lowest BCUT2D eigenvalue weighted by Gasteiger charge is -2.15. The summed E-state index contributed by atoms with van der Waals surface area (Å²) in [6.45, 7) is 6.13. The summed E-state index contributed by atoms with van der Waals surface area (Å²) >= 11 is 6.77. The van der Waals surface area contributed by atoms with Crippen LogP contribution in [0.15, 0.2) is 53.4 Å². The van der Waals surface area contributed by atoms with Gasteiger partial charge in [0.05, 0.1) is 16.7 Å². The highest BCUT2D eigenvalue weighted by Gasteiger charge is 2.33. The van der Waals surface area contributed by atoms with Gasteiger partial charge in [0.2, 0.25) is 0 Å². The maximum Gasteiger partial charge on any atom is 0.270 e. The lowest BCUT2D eigenvalue weighted by atomic mass is 10.1. The molecule has 0 bridgehead atoms. The number of carbonyl (C=O) groups excluding carboxylic acids is 1. The second kappa shape index (κ2) is 8.06. The van der Waals surface area contributed by atoms with Crippen LogP contribution in [0.25, 0.3) is 6.08 Å². The molecule has 1 amide bonds. The third kappa shape index (κ3) is 4.00. The smallest absolute Gasteiger partial charge is 0.270 e. The van der Waals surface area contributed by atoms with Gasteiger partial charge in [0.25, 0.3) is 5.91 Å². The van der Waals surface area contributed by atoms with Crippen LogP contribution in [0.1, 0.15) is 31.4 Å². The zero-order valence-electron chi connectivity index (χ0n) is 15.1. The first-order valence-electron chi connectivity index (χ1n) is 8.60. The second-order valence-electron chi connectivity index (χ2n) is 6.23. The van der Waals surface area contributed by atoms with Gasteiger partial charge >= 0.3 is 0 Å². The number of aryl methyl sites for hydroxylation is 1. The van der Waals surface area contributed by atoms with E-state index in [9.17, 15) is 4.79 Å². The predicted molar refractivity (Wildman–Crippen MR) is 114 cm³/mol. The van der Waals surface area contributed by atoms with Crippen molar-refractivity contribution in [3.05, 3.63) is 64.6 Å². The molecule has 0 spiro atoms. The lowest BCUT2D eigenvalue weighted by Crippen LogP contribution is -2.27. The zero-order chi connectivity index (χ0) is 18.7. The van der Waals surface area contributed by atoms with Crippen molar-refractivity contribution in [2.45, 2.75) is 33.3 Å². The van der Waals surface area contributed by atoms with Crippen molar-refractivity contribution in [1.29, 1.82) is 0 Å². The number of para-hydroxylation sites is 1. The molecule has 26 heavy (non-hydrogen) atoms. The van der Waals surface area contributed by atoms with Crippen molar-refractivity contribution in [2.75, 3.05) is 4.90 Å². The molecule has 0 aliphatic carbocycles. The van der Waals surface area contributed by atoms with Gasteiger partial charge in [0.1, 0.15) is 5.75 Å². The van der Waals surface area contributed by atoms with Crippen molar-refractivity contribution < 1.29 is 9.53 Å². The summed E-state index contributed by atoms with van der Waals surface area (Å²) in [5.41, 5.74) is 2.83. The van der Waals surface area contributed by atoms with Crippen molar-refractivity contribution in [2.24, 2.45) is 0 Å². The molecule has 134 valence electrons. The largest absolute Gasteiger partial charge is 0.490 e. The molecule has 0 saturated carbocycles. The number of ether oxygens (including phenoxy) is 1. The van der Waals surface area contributed by atoms with Crippen LogP contribution in [0.2, 0.25) is 0 Å². The SMILES string of the molecule is CC[C@H](C)Oc1ccccc1/C=C1\SC(=S)N(c2ccc(C)cc2)C1=O. The minimum absolute atomic E-state index is 0.0952. The highest BCUT2D eigenvalue weighted by atomic mass is 32.2. The predicted octanol–water partition coefficient (Wildman–Crippen LogP) is 5.58. The Morgan fingerprint density at radius 1 is 1.19 bits per heavy atom. The maximum absolute atomic E-state index is 12.9. The monoisotopic (exact) mass is 383 g/mol. The number of benzene rings is 2. The van der Waals surface area contributed by atoms with Gasteiger partial charge in [0.15, 0.2) is 4.32 Å². The molecule has 1 fully saturated rings. The summed E-state index contributed by atoms with van der Waals surface area (Å²) in [6, 6.07) is 15.6. The van der Waals surface area contributed by atoms with Crippen LogP contribution in [0.3, 0.4) is 0 Å². The molecule has 2 aromatic carbocycles. The van der Waals surface area contributed by atoms with E-state index in [4.69, 9.17) is 17.0 Å². The van der Waals surface area contributed by atoms with E-state index in [0.717, 1.165) is 29.0 Å². The number of nitrogens with zero attached hydrogens (tertiary/aromatic N) is 1. The first-order valence-corrected chi connectivity index (χ1v) is 9.82. The number of amides is 1. The summed E-state index contributed by atoms with van der Waals surface area (Å²) in [4.78, 5) is 15.1. The third-order valence-electron chi connectivity index (χ3n) is 4.19. The number of carbonyl (C=O) groups is 1. The van der Waals surface area contributed by atoms with E-state index >= 15 is 0 Å². The summed E-state index contributed by atoms with van der Waals surface area (Å²) in [5.74, 6) is 0.685. The van der Waals surface area contributed by atoms with Crippen molar-refractivity contribution in [3.8, 4) is 5.75 Å². The minimum Gasteiger partial charge on any atom is -0.490 e. The van der Waals surface area contributed by atoms with Gasteiger partial charge < -0.3 is 4.74 Å². The fourth-order valence-corrected chi connectivity index (χ4v) is 3.82. The van der Waals surface area contributed by atoms with E-state index in [-0.39, 0.29) is 12.0 Å². The lowest BCUT2D eigenvalue weighted by molar-refractivity contribution is -0.113. The quantitative estimate of drug-likeness (QED) is 0.498. The average molecular weight is 384 g/mol. The number of hydrogen-bond donors (Lipinski definition) is 0. The Kier molecular flexibility index (Phi) is 5.79. The van der Waals surface area contributed by atoms with Crippen molar-refractivity contribution in [1.82, 2.24) is 0 Å². The summed E-state index contributed by atoms with van der Waals surface area (Å²) in [6.07, 6.45) is 2.90. The molecule has 1 aliphatic rings. The van der Waals surface area contributed by atoms with Crippen LogP contribution in [-0.2, 0) is 4.79 Å². The van der Waals surface area contributed by atoms with Crippen LogP contribution < -0.4 is 9.64 Å². The molecule has 0 N–H and O–H groups in total. The van der Waals surface area contributed by atoms with Gasteiger partial charge in [-0.25, -0.2) is 0 Å². The number of rotatable bonds is 5. The van der Waals surface area contributed by atoms with E-state index in [1.165, 1.54) is 11.8 Å².